The van der Waals surface area contributed by atoms with Gasteiger partial charge in [0, 0.05) is 32.5 Å². The second-order valence-electron chi connectivity index (χ2n) is 6.99. The van der Waals surface area contributed by atoms with E-state index >= 15 is 0 Å². The highest BCUT2D eigenvalue weighted by Gasteiger charge is 2.46. The Morgan fingerprint density at radius 2 is 1.34 bits per heavy atom. The fraction of sp³-hybridized carbons (Fsp3) is 0.0417. The van der Waals surface area contributed by atoms with E-state index in [1.807, 2.05) is 18.2 Å². The molecule has 0 amide bonds. The highest BCUT2D eigenvalue weighted by molar-refractivity contribution is 6.36. The van der Waals surface area contributed by atoms with Gasteiger partial charge < -0.3 is 14.9 Å². The van der Waals surface area contributed by atoms with Gasteiger partial charge in [-0.2, -0.15) is 0 Å². The first-order chi connectivity index (χ1) is 14.0. The summed E-state index contributed by atoms with van der Waals surface area (Å²) >= 11 is 6.44. The van der Waals surface area contributed by atoms with E-state index in [0.29, 0.717) is 21.7 Å². The van der Waals surface area contributed by atoms with Crippen LogP contribution in [0, 0.1) is 0 Å². The number of hydrogen-bond donors (Lipinski definition) is 2. The molecule has 29 heavy (non-hydrogen) atoms. The van der Waals surface area contributed by atoms with Crippen molar-refractivity contribution >= 4 is 28.3 Å². The maximum Gasteiger partial charge on any atom is 0.340 e. The zero-order valence-corrected chi connectivity index (χ0v) is 15.9. The van der Waals surface area contributed by atoms with Crippen molar-refractivity contribution in [2.45, 2.75) is 5.60 Å². The number of carbonyl (C=O) groups excluding carboxylic acids is 1. The Bertz CT molecular complexity index is 1220. The van der Waals surface area contributed by atoms with Gasteiger partial charge in [-0.25, -0.2) is 4.79 Å². The van der Waals surface area contributed by atoms with E-state index in [1.54, 1.807) is 60.7 Å². The van der Waals surface area contributed by atoms with Crippen molar-refractivity contribution in [3.05, 3.63) is 106 Å². The molecule has 1 aliphatic rings. The highest BCUT2D eigenvalue weighted by Crippen LogP contribution is 2.49. The Morgan fingerprint density at radius 1 is 0.759 bits per heavy atom. The summed E-state index contributed by atoms with van der Waals surface area (Å²) in [6.07, 6.45) is 0. The number of phenols is 2. The zero-order valence-electron chi connectivity index (χ0n) is 15.1. The number of hydrogen-bond acceptors (Lipinski definition) is 4. The van der Waals surface area contributed by atoms with Gasteiger partial charge in [-0.3, -0.25) is 0 Å². The van der Waals surface area contributed by atoms with Crippen LogP contribution in [0.2, 0.25) is 5.02 Å². The van der Waals surface area contributed by atoms with Crippen molar-refractivity contribution in [1.82, 2.24) is 0 Å². The molecular weight excluding hydrogens is 388 g/mol. The summed E-state index contributed by atoms with van der Waals surface area (Å²) in [4.78, 5) is 13.1. The van der Waals surface area contributed by atoms with Gasteiger partial charge in [-0.05, 0) is 36.4 Å². The first-order valence-corrected chi connectivity index (χ1v) is 9.42. The minimum Gasteiger partial charge on any atom is -0.508 e. The van der Waals surface area contributed by atoms with Gasteiger partial charge in [0.1, 0.15) is 11.5 Å². The van der Waals surface area contributed by atoms with E-state index in [9.17, 15) is 15.0 Å². The Kier molecular flexibility index (Phi) is 3.80. The molecule has 0 atom stereocenters. The van der Waals surface area contributed by atoms with Crippen LogP contribution in [-0.2, 0) is 10.3 Å². The lowest BCUT2D eigenvalue weighted by molar-refractivity contribution is 0.0125. The monoisotopic (exact) mass is 402 g/mol. The first kappa shape index (κ1) is 17.6. The van der Waals surface area contributed by atoms with Gasteiger partial charge in [0.05, 0.1) is 5.56 Å². The van der Waals surface area contributed by atoms with E-state index in [4.69, 9.17) is 16.3 Å². The van der Waals surface area contributed by atoms with E-state index in [2.05, 4.69) is 0 Å². The van der Waals surface area contributed by atoms with Crippen LogP contribution >= 0.6 is 11.6 Å². The lowest BCUT2D eigenvalue weighted by Crippen LogP contribution is -2.38. The number of ether oxygens (including phenoxy) is 1. The molecule has 0 spiro atoms. The lowest BCUT2D eigenvalue weighted by Gasteiger charge is -2.39. The average Bonchev–Trinajstić information content (AvgIpc) is 2.73. The number of carbonyl (C=O) groups is 1. The molecule has 0 unspecified atom stereocenters. The normalized spacial score (nSPS) is 14.6. The Labute approximate surface area is 171 Å². The number of rotatable bonds is 2. The third-order valence-electron chi connectivity index (χ3n) is 5.38. The summed E-state index contributed by atoms with van der Waals surface area (Å²) in [5.74, 6) is -0.247. The van der Waals surface area contributed by atoms with Crippen molar-refractivity contribution in [1.29, 1.82) is 0 Å². The molecule has 5 heteroatoms. The number of benzene rings is 4. The predicted molar refractivity (Wildman–Crippen MR) is 110 cm³/mol. The van der Waals surface area contributed by atoms with Gasteiger partial charge in [0.15, 0.2) is 5.60 Å². The van der Waals surface area contributed by atoms with Crippen LogP contribution in [0.3, 0.4) is 0 Å². The average molecular weight is 403 g/mol. The van der Waals surface area contributed by atoms with E-state index in [0.717, 1.165) is 16.3 Å². The topological polar surface area (TPSA) is 66.8 Å². The number of halogens is 1. The molecule has 0 bridgehead atoms. The van der Waals surface area contributed by atoms with Gasteiger partial charge >= 0.3 is 5.97 Å². The molecule has 1 aliphatic heterocycles. The van der Waals surface area contributed by atoms with Crippen LogP contribution in [0.25, 0.3) is 10.8 Å². The third-order valence-corrected chi connectivity index (χ3v) is 5.71. The predicted octanol–water partition coefficient (Wildman–Crippen LogP) is 5.37. The highest BCUT2D eigenvalue weighted by atomic mass is 35.5. The van der Waals surface area contributed by atoms with Crippen molar-refractivity contribution < 1.29 is 19.7 Å². The van der Waals surface area contributed by atoms with Crippen molar-refractivity contribution in [2.24, 2.45) is 0 Å². The van der Waals surface area contributed by atoms with Crippen LogP contribution in [-0.4, -0.2) is 16.2 Å². The maximum atomic E-state index is 13.1. The summed E-state index contributed by atoms with van der Waals surface area (Å²) in [7, 11) is 0. The molecule has 2 N–H and O–H groups in total. The van der Waals surface area contributed by atoms with Gasteiger partial charge in [0.25, 0.3) is 0 Å². The second-order valence-corrected chi connectivity index (χ2v) is 7.39. The van der Waals surface area contributed by atoms with Crippen molar-refractivity contribution in [3.63, 3.8) is 0 Å². The molecule has 4 aromatic carbocycles. The van der Waals surface area contributed by atoms with E-state index in [-0.39, 0.29) is 11.5 Å². The largest absolute Gasteiger partial charge is 0.508 e. The summed E-state index contributed by atoms with van der Waals surface area (Å²) < 4.78 is 6.14. The van der Waals surface area contributed by atoms with Crippen molar-refractivity contribution in [3.8, 4) is 11.5 Å². The smallest absolute Gasteiger partial charge is 0.340 e. The van der Waals surface area contributed by atoms with Crippen molar-refractivity contribution in [2.75, 3.05) is 0 Å². The third kappa shape index (κ3) is 2.50. The molecular formula is C24H15ClO4. The summed E-state index contributed by atoms with van der Waals surface area (Å²) in [5.41, 5.74) is 1.31. The molecule has 0 saturated heterocycles. The minimum absolute atomic E-state index is 0.110. The van der Waals surface area contributed by atoms with Gasteiger partial charge in [-0.15, -0.1) is 0 Å². The Balaban J connectivity index is 1.94. The summed E-state index contributed by atoms with van der Waals surface area (Å²) in [6.45, 7) is 0. The second kappa shape index (κ2) is 6.26. The van der Waals surface area contributed by atoms with Gasteiger partial charge in [-0.1, -0.05) is 54.1 Å². The molecule has 142 valence electrons. The van der Waals surface area contributed by atoms with Crippen LogP contribution in [0.15, 0.2) is 78.9 Å². The summed E-state index contributed by atoms with van der Waals surface area (Å²) in [6, 6.07) is 22.2. The van der Waals surface area contributed by atoms with Crippen LogP contribution in [0.4, 0.5) is 0 Å². The van der Waals surface area contributed by atoms with E-state index in [1.165, 1.54) is 0 Å². The minimum atomic E-state index is -1.25. The van der Waals surface area contributed by atoms with E-state index < -0.39 is 11.6 Å². The number of phenolic OH excluding ortho intramolecular Hbond substituents is 2. The fourth-order valence-electron chi connectivity index (χ4n) is 4.07. The van der Waals surface area contributed by atoms with Crippen LogP contribution < -0.4 is 0 Å². The zero-order chi connectivity index (χ0) is 20.2. The Morgan fingerprint density at radius 3 is 1.93 bits per heavy atom. The van der Waals surface area contributed by atoms with Gasteiger partial charge in [0.2, 0.25) is 0 Å². The molecule has 4 aromatic rings. The van der Waals surface area contributed by atoms with Crippen LogP contribution in [0.5, 0.6) is 11.5 Å². The molecule has 4 nitrogen and oxygen atoms in total. The van der Waals surface area contributed by atoms with Crippen LogP contribution in [0.1, 0.15) is 27.0 Å². The molecule has 0 saturated carbocycles. The molecule has 0 aliphatic carbocycles. The SMILES string of the molecule is O=C1OC(c2ccc(O)cc2)(c2ccc(O)cc2)c2cccc3c(Cl)ccc1c23. The molecule has 0 fully saturated rings. The number of aromatic hydroxyl groups is 2. The first-order valence-electron chi connectivity index (χ1n) is 9.05. The standard InChI is InChI=1S/C24H15ClO4/c25-21-13-12-19-22-18(21)2-1-3-20(22)24(29-23(19)28,14-4-8-16(26)9-5-14)15-6-10-17(27)11-7-15/h1-13,26-27H. The molecule has 0 aromatic heterocycles. The fourth-order valence-corrected chi connectivity index (χ4v) is 4.29. The lowest BCUT2D eigenvalue weighted by atomic mass is 9.76. The molecule has 1 heterocycles. The summed E-state index contributed by atoms with van der Waals surface area (Å²) in [5, 5.41) is 21.6. The maximum absolute atomic E-state index is 13.1. The quantitative estimate of drug-likeness (QED) is 0.442. The molecule has 5 rings (SSSR count). The Hall–Kier alpha value is -3.50. The number of cyclic esters (lactones) is 1. The molecule has 0 radical (unpaired) electrons. The number of esters is 1.